The highest BCUT2D eigenvalue weighted by atomic mass is 16.5. The average molecular weight is 206 g/mol. The Morgan fingerprint density at radius 2 is 2.13 bits per heavy atom. The molecular weight excluding hydrogens is 192 g/mol. The zero-order valence-corrected chi connectivity index (χ0v) is 9.11. The second-order valence-electron chi connectivity index (χ2n) is 3.83. The number of hydrogen-bond donors (Lipinski definition) is 0. The highest BCUT2D eigenvalue weighted by Gasteiger charge is 2.31. The molecule has 0 radical (unpaired) electrons. The maximum atomic E-state index is 11.5. The van der Waals surface area contributed by atoms with Crippen molar-refractivity contribution in [2.24, 2.45) is 0 Å². The Bertz CT molecular complexity index is 398. The maximum absolute atomic E-state index is 11.5. The van der Waals surface area contributed by atoms with Gasteiger partial charge in [-0.2, -0.15) is 0 Å². The van der Waals surface area contributed by atoms with Crippen LogP contribution in [0.1, 0.15) is 35.7 Å². The molecule has 0 spiro atoms. The lowest BCUT2D eigenvalue weighted by atomic mass is 9.97. The zero-order chi connectivity index (χ0) is 11.0. The Balaban J connectivity index is 2.49. The van der Waals surface area contributed by atoms with Gasteiger partial charge >= 0.3 is 5.97 Å². The van der Waals surface area contributed by atoms with Gasteiger partial charge in [0.05, 0.1) is 7.11 Å². The average Bonchev–Trinajstić information content (AvgIpc) is 2.54. The summed E-state index contributed by atoms with van der Waals surface area (Å²) >= 11 is 0. The van der Waals surface area contributed by atoms with Gasteiger partial charge in [0, 0.05) is 11.5 Å². The van der Waals surface area contributed by atoms with Gasteiger partial charge in [-0.1, -0.05) is 19.1 Å². The molecule has 3 heteroatoms. The topological polar surface area (TPSA) is 35.5 Å². The van der Waals surface area contributed by atoms with E-state index in [1.807, 2.05) is 19.1 Å². The molecule has 0 saturated heterocycles. The van der Waals surface area contributed by atoms with Crippen LogP contribution in [0.4, 0.5) is 0 Å². The summed E-state index contributed by atoms with van der Waals surface area (Å²) in [7, 11) is 1.38. The molecule has 0 amide bonds. The van der Waals surface area contributed by atoms with E-state index in [9.17, 15) is 4.79 Å². The first-order valence-electron chi connectivity index (χ1n) is 5.03. The third-order valence-electron chi connectivity index (χ3n) is 2.95. The molecule has 2 rings (SSSR count). The van der Waals surface area contributed by atoms with Crippen molar-refractivity contribution in [3.63, 3.8) is 0 Å². The Labute approximate surface area is 89.0 Å². The number of esters is 1. The fraction of sp³-hybridized carbons (Fsp3) is 0.417. The highest BCUT2D eigenvalue weighted by Crippen LogP contribution is 2.40. The van der Waals surface area contributed by atoms with Crippen LogP contribution < -0.4 is 4.74 Å². The van der Waals surface area contributed by atoms with E-state index in [-0.39, 0.29) is 12.1 Å². The predicted molar refractivity (Wildman–Crippen MR) is 56.3 cm³/mol. The van der Waals surface area contributed by atoms with Crippen LogP contribution in [-0.2, 0) is 4.74 Å². The van der Waals surface area contributed by atoms with Gasteiger partial charge in [0.25, 0.3) is 0 Å². The lowest BCUT2D eigenvalue weighted by Gasteiger charge is -2.08. The molecule has 1 aromatic carbocycles. The first kappa shape index (κ1) is 10.0. The summed E-state index contributed by atoms with van der Waals surface area (Å²) in [5.41, 5.74) is 1.61. The zero-order valence-electron chi connectivity index (χ0n) is 9.11. The van der Waals surface area contributed by atoms with Gasteiger partial charge in [-0.05, 0) is 13.0 Å². The largest absolute Gasteiger partial charge is 0.489 e. The van der Waals surface area contributed by atoms with Crippen LogP contribution in [0.2, 0.25) is 0 Å². The van der Waals surface area contributed by atoms with Crippen molar-refractivity contribution in [1.29, 1.82) is 0 Å². The summed E-state index contributed by atoms with van der Waals surface area (Å²) in [6.07, 6.45) is 0.116. The first-order valence-corrected chi connectivity index (χ1v) is 5.03. The van der Waals surface area contributed by atoms with Crippen molar-refractivity contribution in [3.05, 3.63) is 29.3 Å². The molecule has 0 N–H and O–H groups in total. The fourth-order valence-corrected chi connectivity index (χ4v) is 1.86. The van der Waals surface area contributed by atoms with E-state index in [2.05, 4.69) is 6.92 Å². The van der Waals surface area contributed by atoms with Crippen LogP contribution in [-0.4, -0.2) is 19.2 Å². The number of rotatable bonds is 1. The summed E-state index contributed by atoms with van der Waals surface area (Å²) in [6, 6.07) is 5.59. The Morgan fingerprint density at radius 1 is 1.40 bits per heavy atom. The molecule has 1 heterocycles. The highest BCUT2D eigenvalue weighted by molar-refractivity contribution is 5.93. The summed E-state index contributed by atoms with van der Waals surface area (Å²) < 4.78 is 10.4. The number of fused-ring (bicyclic) bond motifs is 1. The number of para-hydroxylation sites is 1. The standard InChI is InChI=1S/C12H14O3/c1-7-8(2)15-11-9(7)5-4-6-10(11)12(13)14-3/h4-8H,1-3H3/t7-,8-/m0/s1. The fourth-order valence-electron chi connectivity index (χ4n) is 1.86. The monoisotopic (exact) mass is 206 g/mol. The van der Waals surface area contributed by atoms with Gasteiger partial charge in [-0.15, -0.1) is 0 Å². The number of hydrogen-bond acceptors (Lipinski definition) is 3. The van der Waals surface area contributed by atoms with E-state index in [0.29, 0.717) is 17.2 Å². The molecule has 2 atom stereocenters. The Hall–Kier alpha value is -1.51. The lowest BCUT2D eigenvalue weighted by Crippen LogP contribution is -2.11. The minimum Gasteiger partial charge on any atom is -0.489 e. The van der Waals surface area contributed by atoms with Crippen LogP contribution in [0.5, 0.6) is 5.75 Å². The van der Waals surface area contributed by atoms with E-state index in [1.165, 1.54) is 7.11 Å². The summed E-state index contributed by atoms with van der Waals surface area (Å²) in [5.74, 6) is 0.669. The van der Waals surface area contributed by atoms with Crippen LogP contribution in [0, 0.1) is 0 Å². The molecule has 0 aliphatic carbocycles. The van der Waals surface area contributed by atoms with Crippen molar-refractivity contribution in [2.45, 2.75) is 25.9 Å². The van der Waals surface area contributed by atoms with Gasteiger partial charge in [0.1, 0.15) is 17.4 Å². The van der Waals surface area contributed by atoms with Crippen molar-refractivity contribution >= 4 is 5.97 Å². The summed E-state index contributed by atoms with van der Waals surface area (Å²) in [4.78, 5) is 11.5. The molecule has 1 aliphatic rings. The van der Waals surface area contributed by atoms with Crippen molar-refractivity contribution in [2.75, 3.05) is 7.11 Å². The molecule has 0 aromatic heterocycles. The van der Waals surface area contributed by atoms with E-state index in [0.717, 1.165) is 5.56 Å². The Morgan fingerprint density at radius 3 is 2.80 bits per heavy atom. The molecule has 80 valence electrons. The first-order chi connectivity index (χ1) is 7.15. The quantitative estimate of drug-likeness (QED) is 0.662. The normalized spacial score (nSPS) is 23.1. The maximum Gasteiger partial charge on any atom is 0.341 e. The third-order valence-corrected chi connectivity index (χ3v) is 2.95. The van der Waals surface area contributed by atoms with E-state index in [4.69, 9.17) is 9.47 Å². The molecule has 0 bridgehead atoms. The van der Waals surface area contributed by atoms with Gasteiger partial charge in [0.15, 0.2) is 0 Å². The molecule has 0 fully saturated rings. The van der Waals surface area contributed by atoms with Crippen molar-refractivity contribution in [1.82, 2.24) is 0 Å². The molecule has 0 saturated carbocycles. The molecule has 1 aromatic rings. The van der Waals surface area contributed by atoms with Gasteiger partial charge in [0.2, 0.25) is 0 Å². The smallest absolute Gasteiger partial charge is 0.341 e. The van der Waals surface area contributed by atoms with Crippen molar-refractivity contribution in [3.8, 4) is 5.75 Å². The van der Waals surface area contributed by atoms with Gasteiger partial charge < -0.3 is 9.47 Å². The molecule has 1 aliphatic heterocycles. The second kappa shape index (κ2) is 3.57. The summed E-state index contributed by atoms with van der Waals surface area (Å²) in [6.45, 7) is 4.10. The second-order valence-corrected chi connectivity index (χ2v) is 3.83. The number of methoxy groups -OCH3 is 1. The number of carbonyl (C=O) groups is 1. The molecule has 0 unspecified atom stereocenters. The Kier molecular flexibility index (Phi) is 2.39. The van der Waals surface area contributed by atoms with Crippen LogP contribution in [0.15, 0.2) is 18.2 Å². The van der Waals surface area contributed by atoms with Crippen LogP contribution in [0.3, 0.4) is 0 Å². The summed E-state index contributed by atoms with van der Waals surface area (Å²) in [5, 5.41) is 0. The van der Waals surface area contributed by atoms with E-state index >= 15 is 0 Å². The van der Waals surface area contributed by atoms with Crippen LogP contribution in [0.25, 0.3) is 0 Å². The minimum atomic E-state index is -0.340. The lowest BCUT2D eigenvalue weighted by molar-refractivity contribution is 0.0595. The van der Waals surface area contributed by atoms with Crippen LogP contribution >= 0.6 is 0 Å². The van der Waals surface area contributed by atoms with E-state index < -0.39 is 0 Å². The van der Waals surface area contributed by atoms with E-state index in [1.54, 1.807) is 6.07 Å². The van der Waals surface area contributed by atoms with Gasteiger partial charge in [-0.3, -0.25) is 0 Å². The number of benzene rings is 1. The minimum absolute atomic E-state index is 0.116. The molecule has 3 nitrogen and oxygen atoms in total. The molecule has 15 heavy (non-hydrogen) atoms. The predicted octanol–water partition coefficient (Wildman–Crippen LogP) is 2.36. The number of carbonyl (C=O) groups excluding carboxylic acids is 1. The third kappa shape index (κ3) is 1.48. The molecular formula is C12H14O3. The SMILES string of the molecule is COC(=O)c1cccc2c1O[C@@H](C)[C@@H]2C. The van der Waals surface area contributed by atoms with Crippen molar-refractivity contribution < 1.29 is 14.3 Å². The number of ether oxygens (including phenoxy) is 2. The van der Waals surface area contributed by atoms with Gasteiger partial charge in [-0.25, -0.2) is 4.79 Å².